The smallest absolute Gasteiger partial charge is 0.235 e. The minimum absolute atomic E-state index is 0.301. The number of hydrogen-bond acceptors (Lipinski definition) is 5. The SMILES string of the molecule is NC(=O)[C@H]1Cc2ccccc2CN1Cc1cccc2nonc12. The second-order valence-electron chi connectivity index (χ2n) is 5.85. The summed E-state index contributed by atoms with van der Waals surface area (Å²) in [4.78, 5) is 14.0. The third kappa shape index (κ3) is 2.47. The summed E-state index contributed by atoms with van der Waals surface area (Å²) in [6.07, 6.45) is 0.637. The Bertz CT molecular complexity index is 874. The number of primary amides is 1. The van der Waals surface area contributed by atoms with Crippen LogP contribution in [0.25, 0.3) is 11.0 Å². The van der Waals surface area contributed by atoms with E-state index < -0.39 is 0 Å². The van der Waals surface area contributed by atoms with E-state index in [2.05, 4.69) is 27.3 Å². The average molecular weight is 308 g/mol. The molecule has 0 saturated heterocycles. The number of rotatable bonds is 3. The van der Waals surface area contributed by atoms with Gasteiger partial charge in [0, 0.05) is 13.1 Å². The van der Waals surface area contributed by atoms with Gasteiger partial charge >= 0.3 is 0 Å². The Morgan fingerprint density at radius 3 is 2.83 bits per heavy atom. The molecule has 0 radical (unpaired) electrons. The Morgan fingerprint density at radius 2 is 2.00 bits per heavy atom. The first-order valence-electron chi connectivity index (χ1n) is 7.52. The third-order valence-electron chi connectivity index (χ3n) is 4.42. The molecule has 0 unspecified atom stereocenters. The van der Waals surface area contributed by atoms with E-state index in [1.807, 2.05) is 30.3 Å². The molecule has 0 spiro atoms. The molecule has 6 heteroatoms. The van der Waals surface area contributed by atoms with Gasteiger partial charge in [-0.2, -0.15) is 0 Å². The van der Waals surface area contributed by atoms with Crippen molar-refractivity contribution in [1.82, 2.24) is 15.2 Å². The van der Waals surface area contributed by atoms with Gasteiger partial charge in [-0.05, 0) is 39.5 Å². The molecule has 1 aromatic heterocycles. The van der Waals surface area contributed by atoms with Gasteiger partial charge in [-0.1, -0.05) is 36.4 Å². The molecule has 1 amide bonds. The van der Waals surface area contributed by atoms with Gasteiger partial charge in [-0.25, -0.2) is 4.63 Å². The zero-order valence-electron chi connectivity index (χ0n) is 12.5. The largest absolute Gasteiger partial charge is 0.368 e. The van der Waals surface area contributed by atoms with Crippen molar-refractivity contribution in [2.24, 2.45) is 5.73 Å². The minimum Gasteiger partial charge on any atom is -0.368 e. The first-order valence-corrected chi connectivity index (χ1v) is 7.52. The summed E-state index contributed by atoms with van der Waals surface area (Å²) in [6, 6.07) is 13.6. The zero-order valence-corrected chi connectivity index (χ0v) is 12.5. The maximum absolute atomic E-state index is 11.9. The van der Waals surface area contributed by atoms with Gasteiger partial charge in [0.1, 0.15) is 11.0 Å². The number of fused-ring (bicyclic) bond motifs is 2. The van der Waals surface area contributed by atoms with Crippen molar-refractivity contribution >= 4 is 16.9 Å². The molecule has 2 heterocycles. The van der Waals surface area contributed by atoms with Crippen LogP contribution in [0.2, 0.25) is 0 Å². The highest BCUT2D eigenvalue weighted by atomic mass is 16.6. The molecule has 0 fully saturated rings. The van der Waals surface area contributed by atoms with Gasteiger partial charge in [0.2, 0.25) is 5.91 Å². The molecule has 2 aromatic carbocycles. The Hall–Kier alpha value is -2.73. The van der Waals surface area contributed by atoms with E-state index in [-0.39, 0.29) is 11.9 Å². The maximum atomic E-state index is 11.9. The highest BCUT2D eigenvalue weighted by Gasteiger charge is 2.30. The number of nitrogens with two attached hydrogens (primary N) is 1. The van der Waals surface area contributed by atoms with Crippen LogP contribution in [0.3, 0.4) is 0 Å². The van der Waals surface area contributed by atoms with Crippen LogP contribution in [0, 0.1) is 0 Å². The maximum Gasteiger partial charge on any atom is 0.235 e. The normalized spacial score (nSPS) is 18.0. The van der Waals surface area contributed by atoms with Crippen molar-refractivity contribution in [3.05, 3.63) is 59.2 Å². The van der Waals surface area contributed by atoms with Gasteiger partial charge in [0.15, 0.2) is 0 Å². The summed E-state index contributed by atoms with van der Waals surface area (Å²) < 4.78 is 4.82. The number of aromatic nitrogens is 2. The molecule has 3 aromatic rings. The Labute approximate surface area is 132 Å². The van der Waals surface area contributed by atoms with E-state index in [1.165, 1.54) is 11.1 Å². The van der Waals surface area contributed by atoms with Crippen LogP contribution in [-0.4, -0.2) is 27.2 Å². The number of carbonyl (C=O) groups is 1. The van der Waals surface area contributed by atoms with E-state index in [1.54, 1.807) is 0 Å². The molecule has 6 nitrogen and oxygen atoms in total. The number of nitrogens with zero attached hydrogens (tertiary/aromatic N) is 3. The van der Waals surface area contributed by atoms with Crippen LogP contribution in [0.4, 0.5) is 0 Å². The molecular formula is C17H16N4O2. The molecule has 0 aliphatic carbocycles. The molecule has 1 aliphatic rings. The number of benzene rings is 2. The van der Waals surface area contributed by atoms with Crippen molar-refractivity contribution in [3.8, 4) is 0 Å². The predicted molar refractivity (Wildman–Crippen MR) is 84.2 cm³/mol. The summed E-state index contributed by atoms with van der Waals surface area (Å²) in [5, 5.41) is 7.84. The molecule has 2 N–H and O–H groups in total. The summed E-state index contributed by atoms with van der Waals surface area (Å²) in [5.74, 6) is -0.301. The number of hydrogen-bond donors (Lipinski definition) is 1. The fraction of sp³-hybridized carbons (Fsp3) is 0.235. The standard InChI is InChI=1S/C17H16N4O2/c18-17(22)15-8-11-4-1-2-5-12(11)9-21(15)10-13-6-3-7-14-16(13)20-23-19-14/h1-7,15H,8-10H2,(H2,18,22)/t15-/m1/s1. The van der Waals surface area contributed by atoms with Crippen molar-refractivity contribution in [3.63, 3.8) is 0 Å². The van der Waals surface area contributed by atoms with Gasteiger partial charge < -0.3 is 5.73 Å². The van der Waals surface area contributed by atoms with E-state index >= 15 is 0 Å². The highest BCUT2D eigenvalue weighted by Crippen LogP contribution is 2.26. The lowest BCUT2D eigenvalue weighted by Gasteiger charge is -2.35. The summed E-state index contributed by atoms with van der Waals surface area (Å²) in [7, 11) is 0. The van der Waals surface area contributed by atoms with Crippen LogP contribution >= 0.6 is 0 Å². The molecule has 23 heavy (non-hydrogen) atoms. The van der Waals surface area contributed by atoms with Crippen molar-refractivity contribution in [2.75, 3.05) is 0 Å². The first-order chi connectivity index (χ1) is 11.2. The van der Waals surface area contributed by atoms with E-state index in [4.69, 9.17) is 10.4 Å². The molecule has 4 rings (SSSR count). The van der Waals surface area contributed by atoms with Crippen molar-refractivity contribution in [1.29, 1.82) is 0 Å². The average Bonchev–Trinajstić information content (AvgIpc) is 3.04. The molecule has 0 bridgehead atoms. The quantitative estimate of drug-likeness (QED) is 0.795. The van der Waals surface area contributed by atoms with E-state index in [0.29, 0.717) is 19.5 Å². The Morgan fingerprint density at radius 1 is 1.17 bits per heavy atom. The van der Waals surface area contributed by atoms with Crippen LogP contribution in [0.1, 0.15) is 16.7 Å². The Kier molecular flexibility index (Phi) is 3.31. The summed E-state index contributed by atoms with van der Waals surface area (Å²) in [5.41, 5.74) is 10.5. The van der Waals surface area contributed by atoms with Gasteiger partial charge in [0.25, 0.3) is 0 Å². The molecule has 116 valence electrons. The highest BCUT2D eigenvalue weighted by molar-refractivity contribution is 5.81. The fourth-order valence-electron chi connectivity index (χ4n) is 3.23. The number of amides is 1. The van der Waals surface area contributed by atoms with E-state index in [9.17, 15) is 4.79 Å². The van der Waals surface area contributed by atoms with Crippen LogP contribution in [-0.2, 0) is 24.3 Å². The van der Waals surface area contributed by atoms with Crippen molar-refractivity contribution < 1.29 is 9.42 Å². The van der Waals surface area contributed by atoms with Gasteiger partial charge in [-0.3, -0.25) is 9.69 Å². The van der Waals surface area contributed by atoms with Crippen LogP contribution in [0.5, 0.6) is 0 Å². The van der Waals surface area contributed by atoms with Gasteiger partial charge in [0.05, 0.1) is 6.04 Å². The van der Waals surface area contributed by atoms with Gasteiger partial charge in [-0.15, -0.1) is 0 Å². The minimum atomic E-state index is -0.319. The lowest BCUT2D eigenvalue weighted by Crippen LogP contribution is -2.48. The molecule has 1 atom stereocenters. The number of carbonyl (C=O) groups excluding carboxylic acids is 1. The zero-order chi connectivity index (χ0) is 15.8. The lowest BCUT2D eigenvalue weighted by molar-refractivity contribution is -0.124. The van der Waals surface area contributed by atoms with Crippen molar-refractivity contribution in [2.45, 2.75) is 25.6 Å². The second-order valence-corrected chi connectivity index (χ2v) is 5.85. The molecular weight excluding hydrogens is 292 g/mol. The summed E-state index contributed by atoms with van der Waals surface area (Å²) >= 11 is 0. The monoisotopic (exact) mass is 308 g/mol. The first kappa shape index (κ1) is 13.9. The molecule has 1 aliphatic heterocycles. The summed E-state index contributed by atoms with van der Waals surface area (Å²) in [6.45, 7) is 1.26. The van der Waals surface area contributed by atoms with E-state index in [0.717, 1.165) is 16.6 Å². The Balaban J connectivity index is 1.69. The fourth-order valence-corrected chi connectivity index (χ4v) is 3.23. The second kappa shape index (κ2) is 5.48. The van der Waals surface area contributed by atoms with Crippen LogP contribution in [0.15, 0.2) is 47.1 Å². The van der Waals surface area contributed by atoms with Crippen LogP contribution < -0.4 is 5.73 Å². The topological polar surface area (TPSA) is 85.3 Å². The predicted octanol–water partition coefficient (Wildman–Crippen LogP) is 1.63. The third-order valence-corrected chi connectivity index (χ3v) is 4.42. The lowest BCUT2D eigenvalue weighted by atomic mass is 9.93. The molecule has 0 saturated carbocycles.